The highest BCUT2D eigenvalue weighted by atomic mass is 32.1. The Balaban J connectivity index is 1.88. The van der Waals surface area contributed by atoms with Gasteiger partial charge in [0.05, 0.1) is 16.3 Å². The standard InChI is InChI=1S/C17H12N4O4S/c22-15-14(10-18-11-5-4-8-13(9-11)21(24)25)16(23)20(17(26)19-15)12-6-2-1-3-7-12/h1-10,14H,(H,19,22,26)/t14-/m1/s1. The summed E-state index contributed by atoms with van der Waals surface area (Å²) < 4.78 is 0. The van der Waals surface area contributed by atoms with Crippen molar-refractivity contribution in [1.29, 1.82) is 0 Å². The van der Waals surface area contributed by atoms with Crippen LogP contribution in [-0.2, 0) is 9.59 Å². The topological polar surface area (TPSA) is 105 Å². The summed E-state index contributed by atoms with van der Waals surface area (Å²) in [6.07, 6.45) is 1.16. The van der Waals surface area contributed by atoms with E-state index in [1.807, 2.05) is 0 Å². The average Bonchev–Trinajstić information content (AvgIpc) is 2.62. The van der Waals surface area contributed by atoms with Crippen molar-refractivity contribution < 1.29 is 14.5 Å². The number of aliphatic imine (C=N–C) groups is 1. The zero-order valence-corrected chi connectivity index (χ0v) is 14.1. The molecule has 3 rings (SSSR count). The Bertz CT molecular complexity index is 929. The van der Waals surface area contributed by atoms with Gasteiger partial charge in [-0.3, -0.25) is 29.6 Å². The number of nitrogens with zero attached hydrogens (tertiary/aromatic N) is 3. The first-order valence-corrected chi connectivity index (χ1v) is 7.90. The second kappa shape index (κ2) is 7.19. The maximum atomic E-state index is 12.7. The van der Waals surface area contributed by atoms with E-state index in [4.69, 9.17) is 12.2 Å². The highest BCUT2D eigenvalue weighted by molar-refractivity contribution is 7.80. The zero-order chi connectivity index (χ0) is 18.7. The van der Waals surface area contributed by atoms with Crippen LogP contribution in [0.15, 0.2) is 59.6 Å². The van der Waals surface area contributed by atoms with Gasteiger partial charge in [-0.05, 0) is 30.4 Å². The van der Waals surface area contributed by atoms with Gasteiger partial charge in [0, 0.05) is 18.3 Å². The molecule has 8 nitrogen and oxygen atoms in total. The fraction of sp³-hybridized carbons (Fsp3) is 0.0588. The van der Waals surface area contributed by atoms with Gasteiger partial charge in [-0.1, -0.05) is 24.3 Å². The molecule has 26 heavy (non-hydrogen) atoms. The lowest BCUT2D eigenvalue weighted by atomic mass is 10.1. The van der Waals surface area contributed by atoms with Gasteiger partial charge >= 0.3 is 0 Å². The molecule has 2 aromatic rings. The summed E-state index contributed by atoms with van der Waals surface area (Å²) in [5.74, 6) is -2.33. The number of carbonyl (C=O) groups is 2. The maximum Gasteiger partial charge on any atom is 0.271 e. The lowest BCUT2D eigenvalue weighted by Gasteiger charge is -2.30. The van der Waals surface area contributed by atoms with Crippen molar-refractivity contribution in [2.24, 2.45) is 10.9 Å². The van der Waals surface area contributed by atoms with Gasteiger partial charge in [0.2, 0.25) is 5.91 Å². The zero-order valence-electron chi connectivity index (χ0n) is 13.2. The normalized spacial score (nSPS) is 17.5. The van der Waals surface area contributed by atoms with Crippen LogP contribution in [0, 0.1) is 16.0 Å². The predicted octanol–water partition coefficient (Wildman–Crippen LogP) is 2.36. The summed E-state index contributed by atoms with van der Waals surface area (Å²) in [7, 11) is 0. The van der Waals surface area contributed by atoms with Crippen molar-refractivity contribution in [3.05, 3.63) is 64.7 Å². The number of amides is 2. The number of para-hydroxylation sites is 1. The van der Waals surface area contributed by atoms with E-state index >= 15 is 0 Å². The van der Waals surface area contributed by atoms with E-state index in [1.165, 1.54) is 29.2 Å². The first-order valence-electron chi connectivity index (χ1n) is 7.50. The minimum Gasteiger partial charge on any atom is -0.301 e. The molecule has 0 radical (unpaired) electrons. The monoisotopic (exact) mass is 368 g/mol. The fourth-order valence-corrected chi connectivity index (χ4v) is 2.69. The van der Waals surface area contributed by atoms with E-state index in [2.05, 4.69) is 10.3 Å². The third kappa shape index (κ3) is 3.47. The number of non-ortho nitro benzene ring substituents is 1. The van der Waals surface area contributed by atoms with Gasteiger partial charge in [-0.25, -0.2) is 0 Å². The molecule has 1 fully saturated rings. The van der Waals surface area contributed by atoms with Crippen molar-refractivity contribution in [3.8, 4) is 0 Å². The highest BCUT2D eigenvalue weighted by Crippen LogP contribution is 2.22. The summed E-state index contributed by atoms with van der Waals surface area (Å²) in [6.45, 7) is 0. The van der Waals surface area contributed by atoms with E-state index in [0.717, 1.165) is 6.21 Å². The van der Waals surface area contributed by atoms with Crippen LogP contribution >= 0.6 is 12.2 Å². The van der Waals surface area contributed by atoms with Gasteiger partial charge in [-0.2, -0.15) is 0 Å². The van der Waals surface area contributed by atoms with Crippen LogP contribution in [0.1, 0.15) is 0 Å². The lowest BCUT2D eigenvalue weighted by molar-refractivity contribution is -0.384. The third-order valence-electron chi connectivity index (χ3n) is 3.63. The second-order valence-corrected chi connectivity index (χ2v) is 5.72. The van der Waals surface area contributed by atoms with Crippen LogP contribution < -0.4 is 10.2 Å². The molecule has 1 heterocycles. The molecular weight excluding hydrogens is 356 g/mol. The Morgan fingerprint density at radius 1 is 1.15 bits per heavy atom. The van der Waals surface area contributed by atoms with Crippen LogP contribution in [0.5, 0.6) is 0 Å². The van der Waals surface area contributed by atoms with E-state index in [1.54, 1.807) is 30.3 Å². The molecule has 2 amide bonds. The van der Waals surface area contributed by atoms with Crippen molar-refractivity contribution in [2.75, 3.05) is 4.90 Å². The molecule has 130 valence electrons. The quantitative estimate of drug-likeness (QED) is 0.293. The van der Waals surface area contributed by atoms with Crippen LogP contribution in [0.4, 0.5) is 17.1 Å². The number of anilines is 1. The number of hydrogen-bond donors (Lipinski definition) is 1. The first kappa shape index (κ1) is 17.4. The maximum absolute atomic E-state index is 12.7. The van der Waals surface area contributed by atoms with Gasteiger partial charge in [0.15, 0.2) is 11.0 Å². The summed E-state index contributed by atoms with van der Waals surface area (Å²) in [4.78, 5) is 40.4. The van der Waals surface area contributed by atoms with E-state index in [0.29, 0.717) is 5.69 Å². The van der Waals surface area contributed by atoms with Crippen LogP contribution in [0.3, 0.4) is 0 Å². The Morgan fingerprint density at radius 2 is 1.88 bits per heavy atom. The van der Waals surface area contributed by atoms with Gasteiger partial charge in [0.25, 0.3) is 11.6 Å². The smallest absolute Gasteiger partial charge is 0.271 e. The Kier molecular flexibility index (Phi) is 4.81. The number of nitrogens with one attached hydrogen (secondary N) is 1. The summed E-state index contributed by atoms with van der Waals surface area (Å²) in [5, 5.41) is 13.3. The minimum atomic E-state index is -1.19. The Labute approximate surface area is 153 Å². The van der Waals surface area contributed by atoms with Crippen molar-refractivity contribution >= 4 is 52.4 Å². The molecule has 0 spiro atoms. The van der Waals surface area contributed by atoms with Crippen molar-refractivity contribution in [3.63, 3.8) is 0 Å². The summed E-state index contributed by atoms with van der Waals surface area (Å²) in [5.41, 5.74) is 0.654. The largest absolute Gasteiger partial charge is 0.301 e. The molecule has 1 saturated heterocycles. The van der Waals surface area contributed by atoms with Crippen molar-refractivity contribution in [2.45, 2.75) is 0 Å². The van der Waals surface area contributed by atoms with Crippen LogP contribution in [0.25, 0.3) is 0 Å². The number of nitro groups is 1. The molecular formula is C17H12N4O4S. The summed E-state index contributed by atoms with van der Waals surface area (Å²) >= 11 is 5.09. The molecule has 1 aliphatic heterocycles. The number of nitro benzene ring substituents is 1. The van der Waals surface area contributed by atoms with E-state index < -0.39 is 22.7 Å². The average molecular weight is 368 g/mol. The van der Waals surface area contributed by atoms with E-state index in [9.17, 15) is 19.7 Å². The van der Waals surface area contributed by atoms with Crippen LogP contribution in [0.2, 0.25) is 0 Å². The molecule has 0 saturated carbocycles. The molecule has 0 aromatic heterocycles. The number of thiocarbonyl (C=S) groups is 1. The number of hydrogen-bond acceptors (Lipinski definition) is 6. The molecule has 1 aliphatic rings. The summed E-state index contributed by atoms with van der Waals surface area (Å²) in [6, 6.07) is 14.2. The Hall–Kier alpha value is -3.46. The number of carbonyl (C=O) groups excluding carboxylic acids is 2. The van der Waals surface area contributed by atoms with Gasteiger partial charge in [0.1, 0.15) is 0 Å². The molecule has 0 aliphatic carbocycles. The van der Waals surface area contributed by atoms with Crippen molar-refractivity contribution in [1.82, 2.24) is 5.32 Å². The Morgan fingerprint density at radius 3 is 2.58 bits per heavy atom. The number of rotatable bonds is 4. The molecule has 0 unspecified atom stereocenters. The molecule has 1 atom stereocenters. The first-order chi connectivity index (χ1) is 12.5. The highest BCUT2D eigenvalue weighted by Gasteiger charge is 2.38. The van der Waals surface area contributed by atoms with E-state index in [-0.39, 0.29) is 16.5 Å². The molecule has 2 aromatic carbocycles. The fourth-order valence-electron chi connectivity index (χ4n) is 2.39. The third-order valence-corrected chi connectivity index (χ3v) is 3.91. The second-order valence-electron chi connectivity index (χ2n) is 5.34. The van der Waals surface area contributed by atoms with Gasteiger partial charge < -0.3 is 5.32 Å². The lowest BCUT2D eigenvalue weighted by Crippen LogP contribution is -2.58. The molecule has 0 bridgehead atoms. The molecule has 9 heteroatoms. The predicted molar refractivity (Wildman–Crippen MR) is 99.4 cm³/mol. The molecule has 1 N–H and O–H groups in total. The van der Waals surface area contributed by atoms with Crippen LogP contribution in [-0.4, -0.2) is 28.1 Å². The number of benzene rings is 2. The van der Waals surface area contributed by atoms with Gasteiger partial charge in [-0.15, -0.1) is 0 Å². The SMILES string of the molecule is O=C1NC(=S)N(c2ccccc2)C(=O)[C@@H]1C=Nc1cccc([N+](=O)[O-])c1. The minimum absolute atomic E-state index is 0.00815.